The van der Waals surface area contributed by atoms with Crippen LogP contribution in [0.1, 0.15) is 31.4 Å². The molecule has 2 aromatic heterocycles. The molecule has 0 saturated carbocycles. The Morgan fingerprint density at radius 3 is 2.77 bits per heavy atom. The van der Waals surface area contributed by atoms with Crippen molar-refractivity contribution < 1.29 is 13.9 Å². The van der Waals surface area contributed by atoms with Gasteiger partial charge in [0, 0.05) is 16.0 Å². The van der Waals surface area contributed by atoms with Crippen LogP contribution in [0.3, 0.4) is 0 Å². The molecule has 0 aliphatic carbocycles. The number of ether oxygens (including phenoxy) is 2. The summed E-state index contributed by atoms with van der Waals surface area (Å²) in [7, 11) is 1.60. The molecule has 198 valence electrons. The van der Waals surface area contributed by atoms with Crippen molar-refractivity contribution in [2.75, 3.05) is 7.11 Å². The standard InChI is InChI=1S/C31H28ClN3O4/c1-5-9-21-14-20(15-27(37-4)29(21)38-19(3)6-2)18-33-35-30(34-25-11-8-7-10-24(25)31(35)36)28-17-22-16-23(32)12-13-26(22)39-28/h5,7-8,10-19H,1,6,9H2,2-4H3/t19-/m1/s1. The molecule has 0 fully saturated rings. The van der Waals surface area contributed by atoms with E-state index < -0.39 is 0 Å². The SMILES string of the molecule is C=CCc1cc(C=Nn2c(-c3cc4cc(Cl)ccc4o3)nc3ccccc3c2=O)cc(OC)c1O[C@H](C)CC. The van der Waals surface area contributed by atoms with Gasteiger partial charge in [-0.15, -0.1) is 6.58 Å². The Morgan fingerprint density at radius 1 is 1.18 bits per heavy atom. The lowest BCUT2D eigenvalue weighted by Gasteiger charge is -2.19. The lowest BCUT2D eigenvalue weighted by atomic mass is 10.1. The van der Waals surface area contributed by atoms with Gasteiger partial charge in [-0.25, -0.2) is 4.98 Å². The van der Waals surface area contributed by atoms with Crippen LogP contribution < -0.4 is 15.0 Å². The summed E-state index contributed by atoms with van der Waals surface area (Å²) in [6, 6.07) is 18.1. The summed E-state index contributed by atoms with van der Waals surface area (Å²) in [4.78, 5) is 18.3. The van der Waals surface area contributed by atoms with E-state index in [1.165, 1.54) is 4.68 Å². The smallest absolute Gasteiger partial charge is 0.282 e. The minimum Gasteiger partial charge on any atom is -0.493 e. The van der Waals surface area contributed by atoms with E-state index in [0.29, 0.717) is 45.2 Å². The number of methoxy groups -OCH3 is 1. The van der Waals surface area contributed by atoms with Gasteiger partial charge in [-0.1, -0.05) is 36.7 Å². The van der Waals surface area contributed by atoms with Gasteiger partial charge in [0.1, 0.15) is 5.58 Å². The van der Waals surface area contributed by atoms with Crippen LogP contribution >= 0.6 is 11.6 Å². The van der Waals surface area contributed by atoms with E-state index in [-0.39, 0.29) is 17.5 Å². The number of fused-ring (bicyclic) bond motifs is 2. The van der Waals surface area contributed by atoms with Crippen molar-refractivity contribution in [2.45, 2.75) is 32.8 Å². The normalized spacial score (nSPS) is 12.3. The highest BCUT2D eigenvalue weighted by atomic mass is 35.5. The zero-order valence-corrected chi connectivity index (χ0v) is 22.7. The number of aromatic nitrogens is 2. The number of benzene rings is 3. The van der Waals surface area contributed by atoms with Crippen molar-refractivity contribution in [1.82, 2.24) is 9.66 Å². The van der Waals surface area contributed by atoms with E-state index in [4.69, 9.17) is 30.5 Å². The maximum Gasteiger partial charge on any atom is 0.282 e. The number of rotatable bonds is 9. The van der Waals surface area contributed by atoms with Gasteiger partial charge in [0.25, 0.3) is 5.56 Å². The highest BCUT2D eigenvalue weighted by molar-refractivity contribution is 6.31. The van der Waals surface area contributed by atoms with E-state index in [9.17, 15) is 4.79 Å². The summed E-state index contributed by atoms with van der Waals surface area (Å²) in [5.41, 5.74) is 2.49. The first-order valence-electron chi connectivity index (χ1n) is 12.7. The maximum atomic E-state index is 13.6. The molecule has 1 atom stereocenters. The fraction of sp³-hybridized carbons (Fsp3) is 0.194. The van der Waals surface area contributed by atoms with Crippen LogP contribution in [0.2, 0.25) is 5.02 Å². The van der Waals surface area contributed by atoms with Gasteiger partial charge in [0.2, 0.25) is 5.82 Å². The van der Waals surface area contributed by atoms with Crippen LogP contribution in [0.4, 0.5) is 0 Å². The van der Waals surface area contributed by atoms with Gasteiger partial charge in [-0.3, -0.25) is 4.79 Å². The second-order valence-electron chi connectivity index (χ2n) is 9.15. The molecule has 8 heteroatoms. The zero-order chi connectivity index (χ0) is 27.5. The molecule has 0 amide bonds. The molecule has 5 rings (SSSR count). The Kier molecular flexibility index (Phi) is 7.52. The van der Waals surface area contributed by atoms with Crippen molar-refractivity contribution in [1.29, 1.82) is 0 Å². The van der Waals surface area contributed by atoms with Gasteiger partial charge in [0.15, 0.2) is 17.3 Å². The van der Waals surface area contributed by atoms with Crippen LogP contribution in [0.15, 0.2) is 87.6 Å². The van der Waals surface area contributed by atoms with Crippen molar-refractivity contribution in [3.8, 4) is 23.1 Å². The third kappa shape index (κ3) is 5.31. The Bertz CT molecular complexity index is 1770. The van der Waals surface area contributed by atoms with Crippen LogP contribution in [-0.2, 0) is 6.42 Å². The monoisotopic (exact) mass is 541 g/mol. The lowest BCUT2D eigenvalue weighted by Crippen LogP contribution is -2.20. The number of hydrogen-bond acceptors (Lipinski definition) is 6. The molecule has 0 saturated heterocycles. The fourth-order valence-electron chi connectivity index (χ4n) is 4.27. The zero-order valence-electron chi connectivity index (χ0n) is 22.0. The average molecular weight is 542 g/mol. The van der Waals surface area contributed by atoms with Crippen LogP contribution in [0.5, 0.6) is 11.5 Å². The van der Waals surface area contributed by atoms with Crippen molar-refractivity contribution in [3.05, 3.63) is 99.8 Å². The second kappa shape index (κ2) is 11.2. The van der Waals surface area contributed by atoms with Gasteiger partial charge in [-0.2, -0.15) is 9.78 Å². The predicted molar refractivity (Wildman–Crippen MR) is 156 cm³/mol. The first-order chi connectivity index (χ1) is 18.9. The van der Waals surface area contributed by atoms with Crippen LogP contribution in [-0.4, -0.2) is 29.1 Å². The summed E-state index contributed by atoms with van der Waals surface area (Å²) in [5, 5.41) is 6.41. The van der Waals surface area contributed by atoms with Crippen molar-refractivity contribution >= 4 is 39.7 Å². The highest BCUT2D eigenvalue weighted by Gasteiger charge is 2.18. The molecule has 0 aliphatic heterocycles. The molecule has 0 N–H and O–H groups in total. The van der Waals surface area contributed by atoms with Crippen LogP contribution in [0, 0.1) is 0 Å². The quantitative estimate of drug-likeness (QED) is 0.145. The summed E-state index contributed by atoms with van der Waals surface area (Å²) in [5.74, 6) is 1.93. The molecule has 0 aliphatic rings. The third-order valence-electron chi connectivity index (χ3n) is 6.41. The molecule has 5 aromatic rings. The predicted octanol–water partition coefficient (Wildman–Crippen LogP) is 7.26. The van der Waals surface area contributed by atoms with Gasteiger partial charge < -0.3 is 13.9 Å². The van der Waals surface area contributed by atoms with Gasteiger partial charge in [-0.05, 0) is 73.9 Å². The van der Waals surface area contributed by atoms with E-state index in [0.717, 1.165) is 22.9 Å². The first kappa shape index (κ1) is 26.3. The van der Waals surface area contributed by atoms with E-state index in [2.05, 4.69) is 18.6 Å². The molecule has 0 unspecified atom stereocenters. The Labute approximate surface area is 231 Å². The minimum atomic E-state index is -0.319. The third-order valence-corrected chi connectivity index (χ3v) is 6.64. The molecule has 7 nitrogen and oxygen atoms in total. The van der Waals surface area contributed by atoms with Gasteiger partial charge in [0.05, 0.1) is 30.3 Å². The average Bonchev–Trinajstić information content (AvgIpc) is 3.36. The summed E-state index contributed by atoms with van der Waals surface area (Å²) >= 11 is 6.17. The van der Waals surface area contributed by atoms with Gasteiger partial charge >= 0.3 is 0 Å². The summed E-state index contributed by atoms with van der Waals surface area (Å²) in [6.45, 7) is 7.96. The van der Waals surface area contributed by atoms with E-state index in [1.54, 1.807) is 55.8 Å². The van der Waals surface area contributed by atoms with E-state index in [1.807, 2.05) is 31.2 Å². The summed E-state index contributed by atoms with van der Waals surface area (Å²) < 4.78 is 19.1. The molecule has 39 heavy (non-hydrogen) atoms. The van der Waals surface area contributed by atoms with Crippen molar-refractivity contribution in [3.63, 3.8) is 0 Å². The Morgan fingerprint density at radius 2 is 2.00 bits per heavy atom. The minimum absolute atomic E-state index is 0.0190. The number of nitrogens with zero attached hydrogens (tertiary/aromatic N) is 3. The molecule has 0 radical (unpaired) electrons. The number of halogens is 1. The number of para-hydroxylation sites is 1. The lowest BCUT2D eigenvalue weighted by molar-refractivity contribution is 0.206. The van der Waals surface area contributed by atoms with Crippen molar-refractivity contribution in [2.24, 2.45) is 5.10 Å². The molecule has 0 spiro atoms. The summed E-state index contributed by atoms with van der Waals surface area (Å²) in [6.07, 6.45) is 4.86. The number of hydrogen-bond donors (Lipinski definition) is 0. The number of allylic oxidation sites excluding steroid dienone is 1. The van der Waals surface area contributed by atoms with Crippen LogP contribution in [0.25, 0.3) is 33.5 Å². The first-order valence-corrected chi connectivity index (χ1v) is 13.0. The Balaban J connectivity index is 1.66. The molecule has 3 aromatic carbocycles. The molecule has 0 bridgehead atoms. The largest absolute Gasteiger partial charge is 0.493 e. The Hall–Kier alpha value is -4.36. The fourth-order valence-corrected chi connectivity index (χ4v) is 4.45. The molecular formula is C31H28ClN3O4. The van der Waals surface area contributed by atoms with E-state index >= 15 is 0 Å². The maximum absolute atomic E-state index is 13.6. The number of furan rings is 1. The molecule has 2 heterocycles. The second-order valence-corrected chi connectivity index (χ2v) is 9.58. The topological polar surface area (TPSA) is 78.9 Å². The molecular weight excluding hydrogens is 514 g/mol. The highest BCUT2D eigenvalue weighted by Crippen LogP contribution is 2.34.